The lowest BCUT2D eigenvalue weighted by molar-refractivity contribution is -0.121. The monoisotopic (exact) mass is 295 g/mol. The van der Waals surface area contributed by atoms with Crippen molar-refractivity contribution in [3.63, 3.8) is 0 Å². The molecule has 0 aliphatic heterocycles. The van der Waals surface area contributed by atoms with Crippen LogP contribution in [0.15, 0.2) is 16.2 Å². The highest BCUT2D eigenvalue weighted by Crippen LogP contribution is 2.18. The van der Waals surface area contributed by atoms with Gasteiger partial charge in [0.1, 0.15) is 4.70 Å². The number of thiophene rings is 1. The number of aromatic amines is 1. The Bertz CT molecular complexity index is 739. The van der Waals surface area contributed by atoms with Crippen molar-refractivity contribution in [2.24, 2.45) is 0 Å². The van der Waals surface area contributed by atoms with E-state index in [1.165, 1.54) is 15.9 Å². The molecule has 0 spiro atoms. The maximum atomic E-state index is 12.2. The van der Waals surface area contributed by atoms with E-state index >= 15 is 0 Å². The van der Waals surface area contributed by atoms with Gasteiger partial charge in [-0.3, -0.25) is 14.2 Å². The number of amides is 1. The lowest BCUT2D eigenvalue weighted by atomic mass is 10.3. The molecule has 1 fully saturated rings. The molecule has 1 amide bonds. The highest BCUT2D eigenvalue weighted by Gasteiger charge is 2.23. The second kappa shape index (κ2) is 4.90. The largest absolute Gasteiger partial charge is 0.353 e. The average molecular weight is 295 g/mol. The number of hydrogen-bond donors (Lipinski definition) is 2. The molecule has 1 aliphatic carbocycles. The van der Waals surface area contributed by atoms with Crippen LogP contribution in [0.2, 0.25) is 0 Å². The van der Waals surface area contributed by atoms with E-state index in [0.717, 1.165) is 18.4 Å². The zero-order valence-electron chi connectivity index (χ0n) is 10.1. The maximum absolute atomic E-state index is 12.2. The molecule has 0 aromatic carbocycles. The van der Waals surface area contributed by atoms with Gasteiger partial charge in [0, 0.05) is 19.0 Å². The Balaban J connectivity index is 1.81. The van der Waals surface area contributed by atoms with Crippen molar-refractivity contribution >= 4 is 39.7 Å². The summed E-state index contributed by atoms with van der Waals surface area (Å²) in [6.07, 6.45) is 2.41. The first kappa shape index (κ1) is 12.6. The van der Waals surface area contributed by atoms with Crippen LogP contribution in [0.5, 0.6) is 0 Å². The second-order valence-electron chi connectivity index (χ2n) is 4.64. The van der Waals surface area contributed by atoms with Gasteiger partial charge in [-0.05, 0) is 36.5 Å². The number of hydrogen-bond acceptors (Lipinski definition) is 4. The first-order valence-corrected chi connectivity index (χ1v) is 7.43. The fraction of sp³-hybridized carbons (Fsp3) is 0.417. The normalized spacial score (nSPS) is 14.7. The summed E-state index contributed by atoms with van der Waals surface area (Å²) in [5.74, 6) is -0.0184. The number of nitrogens with one attached hydrogen (secondary N) is 2. The van der Waals surface area contributed by atoms with Crippen LogP contribution in [-0.4, -0.2) is 21.5 Å². The molecule has 3 rings (SSSR count). The molecule has 1 saturated carbocycles. The Labute approximate surface area is 118 Å². The molecular weight excluding hydrogens is 282 g/mol. The Morgan fingerprint density at radius 2 is 2.37 bits per heavy atom. The van der Waals surface area contributed by atoms with Crippen LogP contribution in [-0.2, 0) is 11.3 Å². The number of fused-ring (bicyclic) bond motifs is 1. The molecule has 0 bridgehead atoms. The fourth-order valence-corrected chi connectivity index (χ4v) is 3.00. The molecule has 5 nitrogen and oxygen atoms in total. The average Bonchev–Trinajstić information content (AvgIpc) is 3.04. The van der Waals surface area contributed by atoms with E-state index in [2.05, 4.69) is 10.3 Å². The summed E-state index contributed by atoms with van der Waals surface area (Å²) in [6, 6.07) is 2.18. The van der Waals surface area contributed by atoms with Crippen LogP contribution in [0.1, 0.15) is 19.3 Å². The van der Waals surface area contributed by atoms with E-state index in [1.807, 2.05) is 11.4 Å². The molecule has 0 atom stereocenters. The van der Waals surface area contributed by atoms with Gasteiger partial charge in [0.15, 0.2) is 4.77 Å². The molecule has 0 unspecified atom stereocenters. The van der Waals surface area contributed by atoms with Gasteiger partial charge in [0.25, 0.3) is 5.56 Å². The van der Waals surface area contributed by atoms with Crippen molar-refractivity contribution in [1.82, 2.24) is 14.9 Å². The third kappa shape index (κ3) is 2.62. The van der Waals surface area contributed by atoms with Gasteiger partial charge < -0.3 is 10.3 Å². The quantitative estimate of drug-likeness (QED) is 0.845. The van der Waals surface area contributed by atoms with Gasteiger partial charge in [-0.1, -0.05) is 0 Å². The van der Waals surface area contributed by atoms with Crippen LogP contribution in [0, 0.1) is 4.77 Å². The molecule has 2 heterocycles. The Hall–Kier alpha value is -1.47. The lowest BCUT2D eigenvalue weighted by Gasteiger charge is -2.06. The van der Waals surface area contributed by atoms with Gasteiger partial charge in [0.2, 0.25) is 5.91 Å². The SMILES string of the molecule is O=C(CCn1c(=S)[nH]c2ccsc2c1=O)NC1CC1. The molecular formula is C12H13N3O2S2. The van der Waals surface area contributed by atoms with Crippen LogP contribution in [0.3, 0.4) is 0 Å². The summed E-state index contributed by atoms with van der Waals surface area (Å²) in [5, 5.41) is 4.75. The van der Waals surface area contributed by atoms with E-state index < -0.39 is 0 Å². The Kier molecular flexibility index (Phi) is 3.24. The second-order valence-corrected chi connectivity index (χ2v) is 5.94. The summed E-state index contributed by atoms with van der Waals surface area (Å²) in [7, 11) is 0. The van der Waals surface area contributed by atoms with Crippen molar-refractivity contribution in [3.05, 3.63) is 26.6 Å². The summed E-state index contributed by atoms with van der Waals surface area (Å²) in [5.41, 5.74) is 0.645. The van der Waals surface area contributed by atoms with Crippen LogP contribution in [0.4, 0.5) is 0 Å². The predicted octanol–water partition coefficient (Wildman–Crippen LogP) is 1.79. The third-order valence-electron chi connectivity index (χ3n) is 3.10. The highest BCUT2D eigenvalue weighted by atomic mass is 32.1. The van der Waals surface area contributed by atoms with E-state index in [-0.39, 0.29) is 17.9 Å². The summed E-state index contributed by atoms with van der Waals surface area (Å²) in [4.78, 5) is 26.9. The van der Waals surface area contributed by atoms with Crippen molar-refractivity contribution in [2.45, 2.75) is 31.8 Å². The predicted molar refractivity (Wildman–Crippen MR) is 77.1 cm³/mol. The molecule has 100 valence electrons. The molecule has 0 saturated heterocycles. The number of aromatic nitrogens is 2. The first-order chi connectivity index (χ1) is 9.15. The minimum atomic E-state index is -0.118. The zero-order chi connectivity index (χ0) is 13.4. The minimum absolute atomic E-state index is 0.0184. The van der Waals surface area contributed by atoms with Crippen LogP contribution >= 0.6 is 23.6 Å². The highest BCUT2D eigenvalue weighted by molar-refractivity contribution is 7.71. The van der Waals surface area contributed by atoms with E-state index in [4.69, 9.17) is 12.2 Å². The molecule has 19 heavy (non-hydrogen) atoms. The lowest BCUT2D eigenvalue weighted by Crippen LogP contribution is -2.29. The third-order valence-corrected chi connectivity index (χ3v) is 4.32. The minimum Gasteiger partial charge on any atom is -0.353 e. The molecule has 7 heteroatoms. The zero-order valence-corrected chi connectivity index (χ0v) is 11.8. The van der Waals surface area contributed by atoms with Crippen molar-refractivity contribution in [3.8, 4) is 0 Å². The standard InChI is InChI=1S/C12H13N3O2S2/c16-9(13-7-1-2-7)3-5-15-11(17)10-8(4-6-19-10)14-12(15)18/h4,6-7H,1-3,5H2,(H,13,16)(H,14,18). The number of carbonyl (C=O) groups excluding carboxylic acids is 1. The van der Waals surface area contributed by atoms with Crippen LogP contribution < -0.4 is 10.9 Å². The van der Waals surface area contributed by atoms with Gasteiger partial charge in [-0.2, -0.15) is 0 Å². The molecule has 2 aromatic heterocycles. The number of carbonyl (C=O) groups is 1. The van der Waals surface area contributed by atoms with Crippen LogP contribution in [0.25, 0.3) is 10.2 Å². The van der Waals surface area contributed by atoms with Crippen molar-refractivity contribution in [1.29, 1.82) is 0 Å². The molecule has 2 aromatic rings. The van der Waals surface area contributed by atoms with E-state index in [1.54, 1.807) is 0 Å². The first-order valence-electron chi connectivity index (χ1n) is 6.15. The molecule has 1 aliphatic rings. The van der Waals surface area contributed by atoms with Crippen molar-refractivity contribution < 1.29 is 4.79 Å². The summed E-state index contributed by atoms with van der Waals surface area (Å²) in [6.45, 7) is 0.320. The van der Waals surface area contributed by atoms with E-state index in [9.17, 15) is 9.59 Å². The number of nitrogens with zero attached hydrogens (tertiary/aromatic N) is 1. The smallest absolute Gasteiger partial charge is 0.272 e. The summed E-state index contributed by atoms with van der Waals surface area (Å²) < 4.78 is 2.48. The number of rotatable bonds is 4. The summed E-state index contributed by atoms with van der Waals surface area (Å²) >= 11 is 6.55. The van der Waals surface area contributed by atoms with Gasteiger partial charge >= 0.3 is 0 Å². The van der Waals surface area contributed by atoms with Gasteiger partial charge in [-0.15, -0.1) is 11.3 Å². The Morgan fingerprint density at radius 3 is 3.11 bits per heavy atom. The fourth-order valence-electron chi connectivity index (χ4n) is 1.91. The topological polar surface area (TPSA) is 66.9 Å². The van der Waals surface area contributed by atoms with Gasteiger partial charge in [-0.25, -0.2) is 0 Å². The molecule has 0 radical (unpaired) electrons. The number of H-pyrrole nitrogens is 1. The Morgan fingerprint density at radius 1 is 1.58 bits per heavy atom. The van der Waals surface area contributed by atoms with E-state index in [0.29, 0.717) is 22.1 Å². The maximum Gasteiger partial charge on any atom is 0.272 e. The van der Waals surface area contributed by atoms with Crippen molar-refractivity contribution in [2.75, 3.05) is 0 Å². The molecule has 2 N–H and O–H groups in total. The van der Waals surface area contributed by atoms with Gasteiger partial charge in [0.05, 0.1) is 5.52 Å².